The summed E-state index contributed by atoms with van der Waals surface area (Å²) in [5, 5.41) is 3.41. The van der Waals surface area contributed by atoms with Crippen molar-refractivity contribution in [3.05, 3.63) is 23.8 Å². The number of hydrogen-bond acceptors (Lipinski definition) is 4. The van der Waals surface area contributed by atoms with Gasteiger partial charge in [0.15, 0.2) is 5.78 Å². The Kier molecular flexibility index (Phi) is 5.62. The number of rotatable bonds is 6. The molecule has 1 aliphatic heterocycles. The Hall–Kier alpha value is -1.55. The maximum atomic E-state index is 12.7. The van der Waals surface area contributed by atoms with Gasteiger partial charge in [0, 0.05) is 6.42 Å². The lowest BCUT2D eigenvalue weighted by atomic mass is 9.83. The van der Waals surface area contributed by atoms with Crippen molar-refractivity contribution >= 4 is 5.78 Å². The molecule has 1 aliphatic rings. The molecule has 0 bridgehead atoms. The maximum absolute atomic E-state index is 12.7. The summed E-state index contributed by atoms with van der Waals surface area (Å²) in [5.74, 6) is 2.22. The van der Waals surface area contributed by atoms with Crippen molar-refractivity contribution in [1.82, 2.24) is 5.32 Å². The van der Waals surface area contributed by atoms with E-state index >= 15 is 0 Å². The molecule has 0 aromatic heterocycles. The second-order valence-electron chi connectivity index (χ2n) is 5.75. The summed E-state index contributed by atoms with van der Waals surface area (Å²) in [6.07, 6.45) is 2.93. The van der Waals surface area contributed by atoms with Crippen LogP contribution in [0.2, 0.25) is 0 Å². The third-order valence-electron chi connectivity index (χ3n) is 4.35. The molecule has 1 aromatic carbocycles. The van der Waals surface area contributed by atoms with Crippen molar-refractivity contribution in [2.75, 3.05) is 27.3 Å². The molecule has 21 heavy (non-hydrogen) atoms. The van der Waals surface area contributed by atoms with Gasteiger partial charge in [-0.15, -0.1) is 0 Å². The molecule has 2 atom stereocenters. The smallest absolute Gasteiger partial charge is 0.170 e. The Bertz CT molecular complexity index is 459. The van der Waals surface area contributed by atoms with E-state index in [0.717, 1.165) is 13.1 Å². The average Bonchev–Trinajstić information content (AvgIpc) is 2.54. The molecule has 4 heteroatoms. The molecule has 1 fully saturated rings. The van der Waals surface area contributed by atoms with Gasteiger partial charge in [-0.25, -0.2) is 0 Å². The molecule has 0 saturated carbocycles. The lowest BCUT2D eigenvalue weighted by Crippen LogP contribution is -2.34. The zero-order valence-electron chi connectivity index (χ0n) is 13.1. The van der Waals surface area contributed by atoms with Crippen LogP contribution in [0, 0.1) is 11.8 Å². The molecule has 1 saturated heterocycles. The molecule has 1 aromatic rings. The standard InChI is InChI=1S/C17H25NO3/c1-12(13-6-5-9-18-11-13)10-14(19)17-15(20-2)7-4-8-16(17)21-3/h4,7-8,12-13,18H,5-6,9-11H2,1-3H3. The van der Waals surface area contributed by atoms with E-state index < -0.39 is 0 Å². The lowest BCUT2D eigenvalue weighted by Gasteiger charge is -2.28. The van der Waals surface area contributed by atoms with Crippen LogP contribution in [0.5, 0.6) is 11.5 Å². The van der Waals surface area contributed by atoms with Crippen molar-refractivity contribution in [2.45, 2.75) is 26.2 Å². The summed E-state index contributed by atoms with van der Waals surface area (Å²) in [4.78, 5) is 12.7. The van der Waals surface area contributed by atoms with Crippen LogP contribution in [-0.2, 0) is 0 Å². The first-order valence-corrected chi connectivity index (χ1v) is 7.62. The summed E-state index contributed by atoms with van der Waals surface area (Å²) in [5.41, 5.74) is 0.568. The van der Waals surface area contributed by atoms with Crippen molar-refractivity contribution in [2.24, 2.45) is 11.8 Å². The summed E-state index contributed by atoms with van der Waals surface area (Å²) in [6.45, 7) is 4.27. The zero-order chi connectivity index (χ0) is 15.2. The molecule has 4 nitrogen and oxygen atoms in total. The molecule has 0 radical (unpaired) electrons. The normalized spacial score (nSPS) is 19.9. The fraction of sp³-hybridized carbons (Fsp3) is 0.588. The van der Waals surface area contributed by atoms with Crippen LogP contribution in [0.3, 0.4) is 0 Å². The van der Waals surface area contributed by atoms with E-state index in [1.54, 1.807) is 14.2 Å². The highest BCUT2D eigenvalue weighted by Crippen LogP contribution is 2.32. The summed E-state index contributed by atoms with van der Waals surface area (Å²) < 4.78 is 10.6. The summed E-state index contributed by atoms with van der Waals surface area (Å²) >= 11 is 0. The molecule has 1 N–H and O–H groups in total. The minimum absolute atomic E-state index is 0.0994. The molecule has 116 valence electrons. The second kappa shape index (κ2) is 7.46. The second-order valence-corrected chi connectivity index (χ2v) is 5.75. The van der Waals surface area contributed by atoms with Crippen LogP contribution >= 0.6 is 0 Å². The molecule has 1 heterocycles. The fourth-order valence-electron chi connectivity index (χ4n) is 3.05. The number of piperidine rings is 1. The van der Waals surface area contributed by atoms with E-state index in [1.807, 2.05) is 18.2 Å². The molecule has 0 aliphatic carbocycles. The van der Waals surface area contributed by atoms with Gasteiger partial charge in [-0.1, -0.05) is 13.0 Å². The third-order valence-corrected chi connectivity index (χ3v) is 4.35. The topological polar surface area (TPSA) is 47.6 Å². The predicted octanol–water partition coefficient (Wildman–Crippen LogP) is 2.91. The van der Waals surface area contributed by atoms with Crippen molar-refractivity contribution in [3.63, 3.8) is 0 Å². The van der Waals surface area contributed by atoms with Crippen LogP contribution in [-0.4, -0.2) is 33.1 Å². The van der Waals surface area contributed by atoms with Gasteiger partial charge in [-0.2, -0.15) is 0 Å². The third kappa shape index (κ3) is 3.76. The molecular weight excluding hydrogens is 266 g/mol. The van der Waals surface area contributed by atoms with Gasteiger partial charge >= 0.3 is 0 Å². The number of ketones is 1. The highest BCUT2D eigenvalue weighted by Gasteiger charge is 2.25. The first kappa shape index (κ1) is 15.8. The average molecular weight is 291 g/mol. The zero-order valence-corrected chi connectivity index (χ0v) is 13.1. The number of benzene rings is 1. The number of nitrogens with one attached hydrogen (secondary N) is 1. The van der Waals surface area contributed by atoms with Gasteiger partial charge in [0.2, 0.25) is 0 Å². The Balaban J connectivity index is 2.12. The van der Waals surface area contributed by atoms with E-state index in [1.165, 1.54) is 12.8 Å². The minimum atomic E-state index is 0.0994. The minimum Gasteiger partial charge on any atom is -0.496 e. The quantitative estimate of drug-likeness (QED) is 0.819. The van der Waals surface area contributed by atoms with E-state index in [9.17, 15) is 4.79 Å². The number of hydrogen-bond donors (Lipinski definition) is 1. The van der Waals surface area contributed by atoms with E-state index in [2.05, 4.69) is 12.2 Å². The molecule has 0 spiro atoms. The van der Waals surface area contributed by atoms with Crippen molar-refractivity contribution in [3.8, 4) is 11.5 Å². The van der Waals surface area contributed by atoms with E-state index in [-0.39, 0.29) is 5.78 Å². The first-order valence-electron chi connectivity index (χ1n) is 7.62. The number of Topliss-reactive ketones (excluding diaryl/α,β-unsaturated/α-hetero) is 1. The molecule has 2 rings (SSSR count). The predicted molar refractivity (Wildman–Crippen MR) is 83.3 cm³/mol. The molecular formula is C17H25NO3. The molecule has 0 amide bonds. The Morgan fingerprint density at radius 1 is 1.33 bits per heavy atom. The maximum Gasteiger partial charge on any atom is 0.170 e. The van der Waals surface area contributed by atoms with Crippen LogP contribution in [0.25, 0.3) is 0 Å². The summed E-state index contributed by atoms with van der Waals surface area (Å²) in [7, 11) is 3.17. The van der Waals surface area contributed by atoms with Gasteiger partial charge in [0.1, 0.15) is 17.1 Å². The van der Waals surface area contributed by atoms with Gasteiger partial charge < -0.3 is 14.8 Å². The Morgan fingerprint density at radius 3 is 2.52 bits per heavy atom. The number of ether oxygens (including phenoxy) is 2. The van der Waals surface area contributed by atoms with Crippen LogP contribution in [0.15, 0.2) is 18.2 Å². The van der Waals surface area contributed by atoms with Gasteiger partial charge in [-0.05, 0) is 49.9 Å². The fourth-order valence-corrected chi connectivity index (χ4v) is 3.05. The van der Waals surface area contributed by atoms with Crippen molar-refractivity contribution < 1.29 is 14.3 Å². The highest BCUT2D eigenvalue weighted by atomic mass is 16.5. The Morgan fingerprint density at radius 2 is 2.00 bits per heavy atom. The number of carbonyl (C=O) groups excluding carboxylic acids is 1. The van der Waals surface area contributed by atoms with E-state index in [0.29, 0.717) is 35.3 Å². The Labute approximate surface area is 126 Å². The van der Waals surface area contributed by atoms with E-state index in [4.69, 9.17) is 9.47 Å². The van der Waals surface area contributed by atoms with Crippen LogP contribution in [0.4, 0.5) is 0 Å². The van der Waals surface area contributed by atoms with Gasteiger partial charge in [-0.3, -0.25) is 4.79 Å². The number of carbonyl (C=O) groups is 1. The van der Waals surface area contributed by atoms with Gasteiger partial charge in [0.25, 0.3) is 0 Å². The summed E-state index contributed by atoms with van der Waals surface area (Å²) in [6, 6.07) is 5.45. The number of methoxy groups -OCH3 is 2. The van der Waals surface area contributed by atoms with Crippen LogP contribution < -0.4 is 14.8 Å². The molecule has 2 unspecified atom stereocenters. The van der Waals surface area contributed by atoms with Gasteiger partial charge in [0.05, 0.1) is 14.2 Å². The monoisotopic (exact) mass is 291 g/mol. The largest absolute Gasteiger partial charge is 0.496 e. The highest BCUT2D eigenvalue weighted by molar-refractivity contribution is 6.01. The van der Waals surface area contributed by atoms with Crippen molar-refractivity contribution in [1.29, 1.82) is 0 Å². The van der Waals surface area contributed by atoms with Crippen LogP contribution in [0.1, 0.15) is 36.5 Å². The SMILES string of the molecule is COc1cccc(OC)c1C(=O)CC(C)C1CCCNC1. The first-order chi connectivity index (χ1) is 10.2. The lowest BCUT2D eigenvalue weighted by molar-refractivity contribution is 0.0936.